The van der Waals surface area contributed by atoms with Gasteiger partial charge in [-0.3, -0.25) is 0 Å². The van der Waals surface area contributed by atoms with Crippen molar-refractivity contribution in [3.63, 3.8) is 0 Å². The molecular formula is C16H34N2O2. The van der Waals surface area contributed by atoms with Crippen LogP contribution in [0.4, 0.5) is 0 Å². The SMILES string of the molecule is CC1CCCC(OCC(O)CNCCN(C)C(C)C)C1. The highest BCUT2D eigenvalue weighted by Crippen LogP contribution is 2.25. The number of nitrogens with zero attached hydrogens (tertiary/aromatic N) is 1. The Hall–Kier alpha value is -0.160. The van der Waals surface area contributed by atoms with Gasteiger partial charge in [0.15, 0.2) is 0 Å². The highest BCUT2D eigenvalue weighted by atomic mass is 16.5. The lowest BCUT2D eigenvalue weighted by Crippen LogP contribution is -2.38. The van der Waals surface area contributed by atoms with Gasteiger partial charge in [-0.15, -0.1) is 0 Å². The Morgan fingerprint density at radius 2 is 2.10 bits per heavy atom. The molecule has 0 saturated heterocycles. The van der Waals surface area contributed by atoms with E-state index in [0.29, 0.717) is 25.3 Å². The van der Waals surface area contributed by atoms with E-state index in [1.807, 2.05) is 0 Å². The van der Waals surface area contributed by atoms with Crippen molar-refractivity contribution in [3.05, 3.63) is 0 Å². The lowest BCUT2D eigenvalue weighted by atomic mass is 9.89. The molecule has 4 heteroatoms. The first-order chi connectivity index (χ1) is 9.49. The summed E-state index contributed by atoms with van der Waals surface area (Å²) >= 11 is 0. The zero-order valence-corrected chi connectivity index (χ0v) is 13.8. The van der Waals surface area contributed by atoms with Crippen molar-refractivity contribution >= 4 is 0 Å². The van der Waals surface area contributed by atoms with Crippen molar-refractivity contribution in [1.82, 2.24) is 10.2 Å². The molecule has 1 rings (SSSR count). The fourth-order valence-electron chi connectivity index (χ4n) is 2.62. The van der Waals surface area contributed by atoms with Crippen LogP contribution in [-0.2, 0) is 4.74 Å². The maximum absolute atomic E-state index is 9.92. The predicted octanol–water partition coefficient (Wildman–Crippen LogP) is 1.87. The number of rotatable bonds is 9. The zero-order chi connectivity index (χ0) is 15.0. The summed E-state index contributed by atoms with van der Waals surface area (Å²) in [6, 6.07) is 0.568. The van der Waals surface area contributed by atoms with E-state index < -0.39 is 6.10 Å². The average Bonchev–Trinajstić information content (AvgIpc) is 2.41. The van der Waals surface area contributed by atoms with Gasteiger partial charge in [0.2, 0.25) is 0 Å². The summed E-state index contributed by atoms with van der Waals surface area (Å²) in [5, 5.41) is 13.2. The maximum Gasteiger partial charge on any atom is 0.0897 e. The second-order valence-corrected chi connectivity index (χ2v) is 6.66. The molecule has 0 aliphatic heterocycles. The Morgan fingerprint density at radius 1 is 1.35 bits per heavy atom. The summed E-state index contributed by atoms with van der Waals surface area (Å²) in [7, 11) is 2.12. The monoisotopic (exact) mass is 286 g/mol. The molecule has 0 radical (unpaired) electrons. The third-order valence-corrected chi connectivity index (χ3v) is 4.32. The van der Waals surface area contributed by atoms with Crippen LogP contribution in [0, 0.1) is 5.92 Å². The van der Waals surface area contributed by atoms with Crippen LogP contribution < -0.4 is 5.32 Å². The first-order valence-electron chi connectivity index (χ1n) is 8.19. The summed E-state index contributed by atoms with van der Waals surface area (Å²) in [4.78, 5) is 2.29. The number of likely N-dealkylation sites (N-methyl/N-ethyl adjacent to an activating group) is 1. The molecule has 0 bridgehead atoms. The highest BCUT2D eigenvalue weighted by Gasteiger charge is 2.20. The van der Waals surface area contributed by atoms with Crippen LogP contribution in [0.25, 0.3) is 0 Å². The third-order valence-electron chi connectivity index (χ3n) is 4.32. The van der Waals surface area contributed by atoms with Gasteiger partial charge in [-0.2, -0.15) is 0 Å². The fourth-order valence-corrected chi connectivity index (χ4v) is 2.62. The van der Waals surface area contributed by atoms with E-state index in [1.54, 1.807) is 0 Å². The molecule has 1 fully saturated rings. The van der Waals surface area contributed by atoms with Gasteiger partial charge < -0.3 is 20.1 Å². The quantitative estimate of drug-likeness (QED) is 0.635. The Balaban J connectivity index is 2.01. The van der Waals surface area contributed by atoms with E-state index in [2.05, 4.69) is 38.0 Å². The summed E-state index contributed by atoms with van der Waals surface area (Å²) in [6.45, 7) is 9.66. The van der Waals surface area contributed by atoms with Crippen LogP contribution in [0.2, 0.25) is 0 Å². The Kier molecular flexibility index (Phi) is 8.69. The largest absolute Gasteiger partial charge is 0.389 e. The molecule has 20 heavy (non-hydrogen) atoms. The normalized spacial score (nSPS) is 25.4. The standard InChI is InChI=1S/C16H34N2O2/c1-13(2)18(4)9-8-17-11-15(19)12-20-16-7-5-6-14(3)10-16/h13-17,19H,5-12H2,1-4H3. The summed E-state index contributed by atoms with van der Waals surface area (Å²) in [6.07, 6.45) is 4.87. The molecule has 1 aliphatic carbocycles. The lowest BCUT2D eigenvalue weighted by Gasteiger charge is -2.27. The molecule has 0 aromatic rings. The second-order valence-electron chi connectivity index (χ2n) is 6.66. The molecule has 1 aliphatic rings. The summed E-state index contributed by atoms with van der Waals surface area (Å²) < 4.78 is 5.83. The average molecular weight is 286 g/mol. The number of hydrogen-bond donors (Lipinski definition) is 2. The molecule has 0 spiro atoms. The number of aliphatic hydroxyl groups excluding tert-OH is 1. The van der Waals surface area contributed by atoms with Crippen molar-refractivity contribution in [2.24, 2.45) is 5.92 Å². The number of ether oxygens (including phenoxy) is 1. The predicted molar refractivity (Wildman–Crippen MR) is 84.0 cm³/mol. The minimum absolute atomic E-state index is 0.362. The van der Waals surface area contributed by atoms with E-state index in [-0.39, 0.29) is 0 Å². The molecular weight excluding hydrogens is 252 g/mol. The van der Waals surface area contributed by atoms with Crippen LogP contribution in [-0.4, -0.2) is 61.5 Å². The van der Waals surface area contributed by atoms with Crippen LogP contribution in [0.3, 0.4) is 0 Å². The summed E-state index contributed by atoms with van der Waals surface area (Å²) in [5.74, 6) is 0.774. The molecule has 0 heterocycles. The van der Waals surface area contributed by atoms with E-state index in [1.165, 1.54) is 12.8 Å². The Bertz CT molecular complexity index is 249. The van der Waals surface area contributed by atoms with Crippen molar-refractivity contribution < 1.29 is 9.84 Å². The van der Waals surface area contributed by atoms with Gasteiger partial charge in [0.1, 0.15) is 0 Å². The molecule has 0 aromatic carbocycles. The minimum atomic E-state index is -0.392. The van der Waals surface area contributed by atoms with E-state index in [0.717, 1.165) is 31.8 Å². The van der Waals surface area contributed by atoms with E-state index in [4.69, 9.17) is 4.74 Å². The Labute approximate surface area is 124 Å². The molecule has 4 nitrogen and oxygen atoms in total. The topological polar surface area (TPSA) is 44.7 Å². The van der Waals surface area contributed by atoms with E-state index >= 15 is 0 Å². The number of aliphatic hydroxyl groups is 1. The smallest absolute Gasteiger partial charge is 0.0897 e. The van der Waals surface area contributed by atoms with Gasteiger partial charge in [0, 0.05) is 25.7 Å². The van der Waals surface area contributed by atoms with Gasteiger partial charge in [-0.25, -0.2) is 0 Å². The maximum atomic E-state index is 9.92. The molecule has 3 unspecified atom stereocenters. The molecule has 120 valence electrons. The molecule has 2 N–H and O–H groups in total. The van der Waals surface area contributed by atoms with E-state index in [9.17, 15) is 5.11 Å². The molecule has 0 aromatic heterocycles. The molecule has 0 amide bonds. The van der Waals surface area contributed by atoms with Crippen molar-refractivity contribution in [2.45, 2.75) is 64.7 Å². The van der Waals surface area contributed by atoms with Crippen LogP contribution >= 0.6 is 0 Å². The first-order valence-corrected chi connectivity index (χ1v) is 8.19. The van der Waals surface area contributed by atoms with Crippen molar-refractivity contribution in [3.8, 4) is 0 Å². The number of nitrogens with one attached hydrogen (secondary N) is 1. The minimum Gasteiger partial charge on any atom is -0.389 e. The van der Waals surface area contributed by atoms with Crippen LogP contribution in [0.1, 0.15) is 46.5 Å². The second kappa shape index (κ2) is 9.72. The van der Waals surface area contributed by atoms with Gasteiger partial charge in [0.05, 0.1) is 18.8 Å². The molecule has 3 atom stereocenters. The third kappa shape index (κ3) is 7.58. The number of hydrogen-bond acceptors (Lipinski definition) is 4. The zero-order valence-electron chi connectivity index (χ0n) is 13.8. The van der Waals surface area contributed by atoms with Crippen molar-refractivity contribution in [2.75, 3.05) is 33.3 Å². The van der Waals surface area contributed by atoms with Gasteiger partial charge >= 0.3 is 0 Å². The molecule has 1 saturated carbocycles. The Morgan fingerprint density at radius 3 is 2.75 bits per heavy atom. The van der Waals surface area contributed by atoms with Gasteiger partial charge in [0.25, 0.3) is 0 Å². The first kappa shape index (κ1) is 17.9. The fraction of sp³-hybridized carbons (Fsp3) is 1.00. The van der Waals surface area contributed by atoms with Crippen LogP contribution in [0.15, 0.2) is 0 Å². The highest BCUT2D eigenvalue weighted by molar-refractivity contribution is 4.71. The lowest BCUT2D eigenvalue weighted by molar-refractivity contribution is -0.0306. The van der Waals surface area contributed by atoms with Gasteiger partial charge in [-0.05, 0) is 39.7 Å². The van der Waals surface area contributed by atoms with Crippen LogP contribution in [0.5, 0.6) is 0 Å². The van der Waals surface area contributed by atoms with Gasteiger partial charge in [-0.1, -0.05) is 19.8 Å². The van der Waals surface area contributed by atoms with Crippen molar-refractivity contribution in [1.29, 1.82) is 0 Å². The summed E-state index contributed by atoms with van der Waals surface area (Å²) in [5.41, 5.74) is 0.